The third-order valence-electron chi connectivity index (χ3n) is 1.29. The van der Waals surface area contributed by atoms with Gasteiger partial charge >= 0.3 is 0 Å². The Kier molecular flexibility index (Phi) is 3.19. The lowest BCUT2D eigenvalue weighted by Crippen LogP contribution is -2.10. The molecule has 0 spiro atoms. The van der Waals surface area contributed by atoms with Crippen molar-refractivity contribution in [3.63, 3.8) is 0 Å². The summed E-state index contributed by atoms with van der Waals surface area (Å²) < 4.78 is 0. The first-order chi connectivity index (χ1) is 5.84. The van der Waals surface area contributed by atoms with E-state index in [1.807, 2.05) is 13.8 Å². The minimum Gasteiger partial charge on any atom is -0.310 e. The summed E-state index contributed by atoms with van der Waals surface area (Å²) in [6.45, 7) is 4.67. The van der Waals surface area contributed by atoms with E-state index in [4.69, 9.17) is 0 Å². The quantitative estimate of drug-likeness (QED) is 0.539. The molecule has 1 N–H and O–H groups in total. The van der Waals surface area contributed by atoms with Gasteiger partial charge in [-0.2, -0.15) is 5.10 Å². The Morgan fingerprint density at radius 3 is 2.83 bits per heavy atom. The van der Waals surface area contributed by atoms with Gasteiger partial charge in [-0.15, -0.1) is 0 Å². The molecule has 0 saturated heterocycles. The zero-order chi connectivity index (χ0) is 8.81. The number of rotatable bonds is 3. The second-order valence-electron chi connectivity index (χ2n) is 2.28. The van der Waals surface area contributed by atoms with Crippen LogP contribution < -0.4 is 5.43 Å². The van der Waals surface area contributed by atoms with E-state index >= 15 is 0 Å². The number of nitrogens with one attached hydrogen (secondary N) is 1. The minimum atomic E-state index is 0. The fourth-order valence-electron chi connectivity index (χ4n) is 0.734. The van der Waals surface area contributed by atoms with Gasteiger partial charge in [0.1, 0.15) is 5.71 Å². The number of hydrogen-bond acceptors (Lipinski definition) is 4. The molecule has 0 amide bonds. The van der Waals surface area contributed by atoms with Crippen LogP contribution in [-0.4, -0.2) is 22.2 Å². The molecule has 0 radical (unpaired) electrons. The van der Waals surface area contributed by atoms with E-state index in [0.29, 0.717) is 5.82 Å². The molecule has 0 atom stereocenters. The second-order valence-corrected chi connectivity index (χ2v) is 2.28. The van der Waals surface area contributed by atoms with Crippen molar-refractivity contribution in [3.8, 4) is 0 Å². The van der Waals surface area contributed by atoms with Gasteiger partial charge in [-0.05, 0) is 19.9 Å². The fraction of sp³-hybridized carbons (Fsp3) is 0.375. The van der Waals surface area contributed by atoms with Crippen molar-refractivity contribution < 1.29 is 1.43 Å². The Morgan fingerprint density at radius 1 is 1.58 bits per heavy atom. The molecule has 0 unspecified atom stereocenters. The van der Waals surface area contributed by atoms with Crippen LogP contribution in [0.15, 0.2) is 23.6 Å². The van der Waals surface area contributed by atoms with Crippen molar-refractivity contribution in [1.82, 2.24) is 15.4 Å². The van der Waals surface area contributed by atoms with Crippen molar-refractivity contribution in [2.24, 2.45) is 5.10 Å². The largest absolute Gasteiger partial charge is 0.310 e. The summed E-state index contributed by atoms with van der Waals surface area (Å²) in [5.74, 6) is 0.665. The maximum Gasteiger partial charge on any atom is 0.175 e. The van der Waals surface area contributed by atoms with Crippen LogP contribution in [0, 0.1) is 0 Å². The molecule has 0 aromatic carbocycles. The standard InChI is InChI=1S/C8H12N4.H2/c1-3-11-12-7(2)8-9-5-4-6-10-8;/h4-6,11H,3H2,1-2H3;1H/b12-7+;. The minimum absolute atomic E-state index is 0. The predicted octanol–water partition coefficient (Wildman–Crippen LogP) is 1.06. The van der Waals surface area contributed by atoms with E-state index in [1.54, 1.807) is 18.5 Å². The summed E-state index contributed by atoms with van der Waals surface area (Å²) in [6.07, 6.45) is 3.40. The predicted molar refractivity (Wildman–Crippen MR) is 50.0 cm³/mol. The molecular weight excluding hydrogens is 152 g/mol. The van der Waals surface area contributed by atoms with Gasteiger partial charge in [0.25, 0.3) is 0 Å². The summed E-state index contributed by atoms with van der Waals surface area (Å²) in [6, 6.07) is 1.78. The van der Waals surface area contributed by atoms with E-state index in [9.17, 15) is 0 Å². The van der Waals surface area contributed by atoms with Crippen molar-refractivity contribution in [3.05, 3.63) is 24.3 Å². The first-order valence-corrected chi connectivity index (χ1v) is 3.89. The van der Waals surface area contributed by atoms with Crippen molar-refractivity contribution in [1.29, 1.82) is 0 Å². The Balaban J connectivity index is 0.00000144. The van der Waals surface area contributed by atoms with Crippen LogP contribution in [0.25, 0.3) is 0 Å². The molecule has 0 fully saturated rings. The topological polar surface area (TPSA) is 50.2 Å². The molecule has 0 bridgehead atoms. The van der Waals surface area contributed by atoms with Crippen LogP contribution in [-0.2, 0) is 0 Å². The molecule has 12 heavy (non-hydrogen) atoms. The lowest BCUT2D eigenvalue weighted by Gasteiger charge is -1.97. The van der Waals surface area contributed by atoms with E-state index in [2.05, 4.69) is 20.5 Å². The monoisotopic (exact) mass is 166 g/mol. The van der Waals surface area contributed by atoms with Gasteiger partial charge in [0.2, 0.25) is 0 Å². The highest BCUT2D eigenvalue weighted by molar-refractivity contribution is 5.94. The van der Waals surface area contributed by atoms with Crippen LogP contribution in [0.5, 0.6) is 0 Å². The highest BCUT2D eigenvalue weighted by Gasteiger charge is 1.96. The Hall–Kier alpha value is -1.45. The summed E-state index contributed by atoms with van der Waals surface area (Å²) in [5.41, 5.74) is 3.66. The molecule has 0 aliphatic carbocycles. The van der Waals surface area contributed by atoms with E-state index in [-0.39, 0.29) is 1.43 Å². The van der Waals surface area contributed by atoms with Crippen LogP contribution >= 0.6 is 0 Å². The van der Waals surface area contributed by atoms with E-state index < -0.39 is 0 Å². The Bertz CT molecular complexity index is 260. The molecule has 0 aliphatic rings. The molecule has 4 nitrogen and oxygen atoms in total. The van der Waals surface area contributed by atoms with Crippen molar-refractivity contribution in [2.45, 2.75) is 13.8 Å². The number of aromatic nitrogens is 2. The van der Waals surface area contributed by atoms with Crippen LogP contribution in [0.3, 0.4) is 0 Å². The molecular formula is C8H14N4. The molecule has 0 aliphatic heterocycles. The molecule has 4 heteroatoms. The number of hydrogen-bond donors (Lipinski definition) is 1. The van der Waals surface area contributed by atoms with Crippen LogP contribution in [0.1, 0.15) is 21.1 Å². The van der Waals surface area contributed by atoms with Crippen molar-refractivity contribution in [2.75, 3.05) is 6.54 Å². The van der Waals surface area contributed by atoms with E-state index in [1.165, 1.54) is 0 Å². The molecule has 1 aromatic heterocycles. The third-order valence-corrected chi connectivity index (χ3v) is 1.29. The molecule has 1 heterocycles. The second kappa shape index (κ2) is 4.43. The number of hydrazone groups is 1. The summed E-state index contributed by atoms with van der Waals surface area (Å²) in [5, 5.41) is 4.05. The highest BCUT2D eigenvalue weighted by atomic mass is 15.3. The van der Waals surface area contributed by atoms with Gasteiger partial charge in [-0.25, -0.2) is 9.97 Å². The zero-order valence-electron chi connectivity index (χ0n) is 7.28. The van der Waals surface area contributed by atoms with E-state index in [0.717, 1.165) is 12.3 Å². The molecule has 66 valence electrons. The maximum absolute atomic E-state index is 4.05. The highest BCUT2D eigenvalue weighted by Crippen LogP contribution is 1.89. The Labute approximate surface area is 73.2 Å². The summed E-state index contributed by atoms with van der Waals surface area (Å²) >= 11 is 0. The SMILES string of the molecule is CCN/N=C(\C)c1ncccn1.[HH]. The third kappa shape index (κ3) is 2.30. The number of nitrogens with zero attached hydrogens (tertiary/aromatic N) is 3. The van der Waals surface area contributed by atoms with Gasteiger partial charge in [-0.3, -0.25) is 0 Å². The van der Waals surface area contributed by atoms with Gasteiger partial charge < -0.3 is 5.43 Å². The first kappa shape index (κ1) is 8.64. The average Bonchev–Trinajstić information content (AvgIpc) is 2.15. The average molecular weight is 166 g/mol. The molecule has 1 aromatic rings. The van der Waals surface area contributed by atoms with Crippen LogP contribution in [0.2, 0.25) is 0 Å². The fourth-order valence-corrected chi connectivity index (χ4v) is 0.734. The normalized spacial score (nSPS) is 11.3. The first-order valence-electron chi connectivity index (χ1n) is 3.89. The lowest BCUT2D eigenvalue weighted by atomic mass is 10.4. The Morgan fingerprint density at radius 2 is 2.25 bits per heavy atom. The molecule has 1 rings (SSSR count). The van der Waals surface area contributed by atoms with Crippen LogP contribution in [0.4, 0.5) is 0 Å². The summed E-state index contributed by atoms with van der Waals surface area (Å²) in [4.78, 5) is 8.10. The smallest absolute Gasteiger partial charge is 0.175 e. The lowest BCUT2D eigenvalue weighted by molar-refractivity contribution is 0.780. The van der Waals surface area contributed by atoms with Gasteiger partial charge in [-0.1, -0.05) is 0 Å². The summed E-state index contributed by atoms with van der Waals surface area (Å²) in [7, 11) is 0. The van der Waals surface area contributed by atoms with Gasteiger partial charge in [0.15, 0.2) is 5.82 Å². The zero-order valence-corrected chi connectivity index (χ0v) is 7.28. The van der Waals surface area contributed by atoms with Crippen molar-refractivity contribution >= 4 is 5.71 Å². The molecule has 0 saturated carbocycles. The maximum atomic E-state index is 4.05. The van der Waals surface area contributed by atoms with Gasteiger partial charge in [0.05, 0.1) is 0 Å². The van der Waals surface area contributed by atoms with Gasteiger partial charge in [0, 0.05) is 20.4 Å².